The fourth-order valence-electron chi connectivity index (χ4n) is 2.74. The molecule has 2 aromatic carbocycles. The third kappa shape index (κ3) is 4.28. The van der Waals surface area contributed by atoms with E-state index in [0.29, 0.717) is 29.4 Å². The maximum Gasteiger partial charge on any atom is 0.161 e. The zero-order chi connectivity index (χ0) is 18.5. The van der Waals surface area contributed by atoms with Gasteiger partial charge in [-0.1, -0.05) is 30.0 Å². The lowest BCUT2D eigenvalue weighted by atomic mass is 10.2. The molecule has 1 saturated heterocycles. The summed E-state index contributed by atoms with van der Waals surface area (Å²) in [4.78, 5) is 11.0. The molecule has 1 fully saturated rings. The van der Waals surface area contributed by atoms with Crippen molar-refractivity contribution in [2.75, 3.05) is 12.4 Å². The number of hydrogen-bond acceptors (Lipinski definition) is 5. The van der Waals surface area contributed by atoms with Crippen molar-refractivity contribution in [3.63, 3.8) is 0 Å². The van der Waals surface area contributed by atoms with Crippen molar-refractivity contribution in [2.24, 2.45) is 0 Å². The lowest BCUT2D eigenvalue weighted by Crippen LogP contribution is -2.90. The first-order valence-electron chi connectivity index (χ1n) is 8.39. The number of hydrogen-bond donors (Lipinski definition) is 1. The van der Waals surface area contributed by atoms with Crippen LogP contribution in [-0.2, 0) is 11.4 Å². The van der Waals surface area contributed by atoms with Gasteiger partial charge >= 0.3 is 0 Å². The maximum absolute atomic E-state index is 13.7. The first-order chi connectivity index (χ1) is 12.6. The van der Waals surface area contributed by atoms with Crippen LogP contribution < -0.4 is 19.9 Å². The van der Waals surface area contributed by atoms with Crippen LogP contribution in [0.2, 0.25) is 0 Å². The van der Waals surface area contributed by atoms with Crippen molar-refractivity contribution in [1.29, 1.82) is 0 Å². The summed E-state index contributed by atoms with van der Waals surface area (Å²) in [5.41, 5.74) is 1.41. The smallest absolute Gasteiger partial charge is 0.161 e. The highest BCUT2D eigenvalue weighted by molar-refractivity contribution is 7.99. The third-order valence-electron chi connectivity index (χ3n) is 4.10. The van der Waals surface area contributed by atoms with Crippen molar-refractivity contribution >= 4 is 17.7 Å². The van der Waals surface area contributed by atoms with Gasteiger partial charge in [-0.15, -0.1) is 0 Å². The van der Waals surface area contributed by atoms with Crippen LogP contribution in [0.3, 0.4) is 0 Å². The van der Waals surface area contributed by atoms with E-state index in [2.05, 4.69) is 0 Å². The number of carboxylic acids is 1. The molecule has 0 radical (unpaired) electrons. The summed E-state index contributed by atoms with van der Waals surface area (Å²) < 4.78 is 25.1. The molecule has 2 N–H and O–H groups in total. The van der Waals surface area contributed by atoms with Crippen LogP contribution in [0, 0.1) is 5.82 Å². The third-order valence-corrected chi connectivity index (χ3v) is 5.44. The molecule has 1 aliphatic rings. The maximum atomic E-state index is 13.7. The van der Waals surface area contributed by atoms with Gasteiger partial charge in [0.15, 0.2) is 16.9 Å². The molecule has 7 heteroatoms. The average molecular weight is 377 g/mol. The minimum atomic E-state index is -1.05. The Bertz CT molecular complexity index is 786. The number of quaternary nitrogens is 1. The van der Waals surface area contributed by atoms with Crippen molar-refractivity contribution in [3.05, 3.63) is 59.4 Å². The number of ether oxygens (including phenoxy) is 2. The molecule has 0 saturated carbocycles. The normalized spacial score (nSPS) is 19.3. The van der Waals surface area contributed by atoms with Crippen molar-refractivity contribution < 1.29 is 29.1 Å². The van der Waals surface area contributed by atoms with E-state index >= 15 is 0 Å². The summed E-state index contributed by atoms with van der Waals surface area (Å²) in [5, 5.41) is 12.8. The summed E-state index contributed by atoms with van der Waals surface area (Å²) in [6.07, 6.45) is 0. The van der Waals surface area contributed by atoms with E-state index in [1.54, 1.807) is 41.3 Å². The molecule has 0 aromatic heterocycles. The highest BCUT2D eigenvalue weighted by atomic mass is 32.2. The minimum absolute atomic E-state index is 0.0299. The van der Waals surface area contributed by atoms with Gasteiger partial charge in [-0.3, -0.25) is 0 Å². The Morgan fingerprint density at radius 3 is 2.77 bits per heavy atom. The quantitative estimate of drug-likeness (QED) is 0.786. The van der Waals surface area contributed by atoms with Crippen molar-refractivity contribution in [1.82, 2.24) is 0 Å². The van der Waals surface area contributed by atoms with E-state index in [1.165, 1.54) is 6.07 Å². The van der Waals surface area contributed by atoms with Crippen molar-refractivity contribution in [2.45, 2.75) is 24.9 Å². The first kappa shape index (κ1) is 18.5. The predicted molar refractivity (Wildman–Crippen MR) is 94.3 cm³/mol. The number of carboxylic acid groups (broad SMARTS) is 1. The van der Waals surface area contributed by atoms with Gasteiger partial charge in [0, 0.05) is 11.1 Å². The van der Waals surface area contributed by atoms with E-state index in [-0.39, 0.29) is 17.8 Å². The second-order valence-electron chi connectivity index (χ2n) is 5.89. The lowest BCUT2D eigenvalue weighted by molar-refractivity contribution is -0.690. The van der Waals surface area contributed by atoms with Gasteiger partial charge in [-0.2, -0.15) is 0 Å². The van der Waals surface area contributed by atoms with Gasteiger partial charge in [0.1, 0.15) is 24.4 Å². The van der Waals surface area contributed by atoms with E-state index in [1.807, 2.05) is 19.1 Å². The van der Waals surface area contributed by atoms with Crippen molar-refractivity contribution in [3.8, 4) is 11.5 Å². The molecule has 2 atom stereocenters. The summed E-state index contributed by atoms with van der Waals surface area (Å²) >= 11 is 1.55. The summed E-state index contributed by atoms with van der Waals surface area (Å²) in [6, 6.07) is 11.4. The zero-order valence-corrected chi connectivity index (χ0v) is 15.1. The summed E-state index contributed by atoms with van der Waals surface area (Å²) in [5.74, 6) is 0.232. The van der Waals surface area contributed by atoms with E-state index < -0.39 is 12.0 Å². The van der Waals surface area contributed by atoms with Gasteiger partial charge in [-0.25, -0.2) is 4.39 Å². The number of carbonyl (C=O) groups is 1. The monoisotopic (exact) mass is 377 g/mol. The fourth-order valence-corrected chi connectivity index (χ4v) is 4.05. The Balaban J connectivity index is 1.74. The van der Waals surface area contributed by atoms with E-state index in [0.717, 1.165) is 5.56 Å². The predicted octanol–water partition coefficient (Wildman–Crippen LogP) is 1.23. The van der Waals surface area contributed by atoms with Gasteiger partial charge in [0.05, 0.1) is 12.4 Å². The number of carbonyl (C=O) groups excluding carboxylic acids is 1. The molecule has 1 aliphatic heterocycles. The molecular weight excluding hydrogens is 357 g/mol. The summed E-state index contributed by atoms with van der Waals surface area (Å²) in [7, 11) is 0. The molecule has 0 amide bonds. The molecule has 0 spiro atoms. The van der Waals surface area contributed by atoms with Gasteiger partial charge in [0.25, 0.3) is 0 Å². The zero-order valence-electron chi connectivity index (χ0n) is 14.3. The molecule has 1 heterocycles. The molecular formula is C19H20FNO4S. The Morgan fingerprint density at radius 2 is 2.08 bits per heavy atom. The van der Waals surface area contributed by atoms with Crippen LogP contribution in [0.1, 0.15) is 23.4 Å². The van der Waals surface area contributed by atoms with Crippen LogP contribution in [0.25, 0.3) is 0 Å². The number of nitrogens with two attached hydrogens (primary N) is 1. The molecule has 0 bridgehead atoms. The second-order valence-corrected chi connectivity index (χ2v) is 7.07. The Kier molecular flexibility index (Phi) is 6.00. The van der Waals surface area contributed by atoms with E-state index in [9.17, 15) is 14.3 Å². The fraction of sp³-hybridized carbons (Fsp3) is 0.316. The minimum Gasteiger partial charge on any atom is -0.544 e. The van der Waals surface area contributed by atoms with Gasteiger partial charge < -0.3 is 24.7 Å². The van der Waals surface area contributed by atoms with Crippen LogP contribution in [0.4, 0.5) is 4.39 Å². The number of rotatable bonds is 7. The van der Waals surface area contributed by atoms with Crippen LogP contribution in [0.15, 0.2) is 42.5 Å². The molecule has 0 aliphatic carbocycles. The highest BCUT2D eigenvalue weighted by Crippen LogP contribution is 2.35. The highest BCUT2D eigenvalue weighted by Gasteiger charge is 2.31. The van der Waals surface area contributed by atoms with Gasteiger partial charge in [-0.05, 0) is 31.2 Å². The molecule has 0 unspecified atom stereocenters. The van der Waals surface area contributed by atoms with Crippen LogP contribution >= 0.6 is 11.8 Å². The Hall–Kier alpha value is -2.25. The number of aliphatic carboxylic acids is 1. The topological polar surface area (TPSA) is 75.2 Å². The molecule has 3 rings (SSSR count). The standard InChI is InChI=1S/C19H20FNO4S/c1-2-24-17-9-12(18-21-15(11-26-18)19(22)23)7-8-16(17)25-10-13-5-3-4-6-14(13)20/h3-9,15,18,21H,2,10-11H2,1H3,(H,22,23)/t15-,18-/m0/s1. The number of halogens is 1. The molecule has 5 nitrogen and oxygen atoms in total. The number of benzene rings is 2. The van der Waals surface area contributed by atoms with Crippen LogP contribution in [-0.4, -0.2) is 24.4 Å². The summed E-state index contributed by atoms with van der Waals surface area (Å²) in [6.45, 7) is 2.43. The Labute approximate surface area is 155 Å². The lowest BCUT2D eigenvalue weighted by Gasteiger charge is -2.16. The molecule has 2 aromatic rings. The Morgan fingerprint density at radius 1 is 1.27 bits per heavy atom. The largest absolute Gasteiger partial charge is 0.544 e. The number of thioether (sulfide) groups is 1. The second kappa shape index (κ2) is 8.42. The molecule has 26 heavy (non-hydrogen) atoms. The average Bonchev–Trinajstić information content (AvgIpc) is 3.12. The SMILES string of the molecule is CCOc1cc([C@H]2[NH2+][C@H](C(=O)[O-])CS2)ccc1OCc1ccccc1F. The van der Waals surface area contributed by atoms with E-state index in [4.69, 9.17) is 9.47 Å². The van der Waals surface area contributed by atoms with Crippen LogP contribution in [0.5, 0.6) is 11.5 Å². The molecule has 138 valence electrons. The van der Waals surface area contributed by atoms with Gasteiger partial charge in [0.2, 0.25) is 0 Å². The first-order valence-corrected chi connectivity index (χ1v) is 9.43.